The number of carbonyl (C=O) groups excluding carboxylic acids is 3. The third-order valence-corrected chi connectivity index (χ3v) is 8.34. The highest BCUT2D eigenvalue weighted by atomic mass is 16.7. The minimum absolute atomic E-state index is 0.142. The first-order valence-electron chi connectivity index (χ1n) is 20.3. The maximum atomic E-state index is 12.7. The van der Waals surface area contributed by atoms with Crippen molar-refractivity contribution in [1.82, 2.24) is 0 Å². The lowest BCUT2D eigenvalue weighted by Gasteiger charge is -2.26. The number of ether oxygens (including phenoxy) is 4. The van der Waals surface area contributed by atoms with Crippen LogP contribution in [0.15, 0.2) is 48.6 Å². The molecule has 0 fully saturated rings. The van der Waals surface area contributed by atoms with Gasteiger partial charge < -0.3 is 33.3 Å². The van der Waals surface area contributed by atoms with E-state index < -0.39 is 24.3 Å². The van der Waals surface area contributed by atoms with Crippen LogP contribution in [0.1, 0.15) is 149 Å². The van der Waals surface area contributed by atoms with E-state index in [0.717, 1.165) is 70.6 Å². The second kappa shape index (κ2) is 35.3. The molecule has 9 heteroatoms. The fourth-order valence-corrected chi connectivity index (χ4v) is 5.17. The van der Waals surface area contributed by atoms with Crippen LogP contribution in [0.5, 0.6) is 0 Å². The molecule has 0 saturated carbocycles. The topological polar surface area (TPSA) is 111 Å². The summed E-state index contributed by atoms with van der Waals surface area (Å²) in [5.41, 5.74) is 0. The Bertz CT molecular complexity index is 998. The fourth-order valence-electron chi connectivity index (χ4n) is 5.17. The van der Waals surface area contributed by atoms with Crippen LogP contribution < -0.4 is 5.11 Å². The third kappa shape index (κ3) is 35.6. The van der Waals surface area contributed by atoms with Crippen molar-refractivity contribution in [3.05, 3.63) is 48.6 Å². The molecule has 2 unspecified atom stereocenters. The van der Waals surface area contributed by atoms with Crippen LogP contribution >= 0.6 is 0 Å². The maximum absolute atomic E-state index is 12.7. The van der Waals surface area contributed by atoms with Crippen LogP contribution in [0.2, 0.25) is 0 Å². The Balaban J connectivity index is 4.55. The van der Waals surface area contributed by atoms with Crippen LogP contribution in [0.4, 0.5) is 0 Å². The molecule has 0 radical (unpaired) electrons. The third-order valence-electron chi connectivity index (χ3n) is 8.34. The number of hydrogen-bond acceptors (Lipinski definition) is 8. The van der Waals surface area contributed by atoms with E-state index in [1.807, 2.05) is 21.1 Å². The number of hydrogen-bond donors (Lipinski definition) is 0. The molecule has 0 N–H and O–H groups in total. The van der Waals surface area contributed by atoms with Gasteiger partial charge in [0.25, 0.3) is 0 Å². The number of unbranched alkanes of at least 4 members (excludes halogenated alkanes) is 13. The summed E-state index contributed by atoms with van der Waals surface area (Å²) in [6.45, 7) is 4.56. The van der Waals surface area contributed by atoms with E-state index in [9.17, 15) is 19.5 Å². The number of carbonyl (C=O) groups is 3. The lowest BCUT2D eigenvalue weighted by Crippen LogP contribution is -2.44. The quantitative estimate of drug-likeness (QED) is 0.0207. The van der Waals surface area contributed by atoms with Gasteiger partial charge in [-0.3, -0.25) is 9.59 Å². The Morgan fingerprint density at radius 3 is 1.63 bits per heavy atom. The molecule has 0 saturated heterocycles. The maximum Gasteiger partial charge on any atom is 0.306 e. The van der Waals surface area contributed by atoms with Crippen molar-refractivity contribution in [2.45, 2.75) is 161 Å². The van der Waals surface area contributed by atoms with Crippen LogP contribution in [0.25, 0.3) is 0 Å². The van der Waals surface area contributed by atoms with E-state index in [0.29, 0.717) is 17.4 Å². The zero-order valence-electron chi connectivity index (χ0n) is 33.7. The molecule has 0 aliphatic rings. The molecule has 0 bridgehead atoms. The van der Waals surface area contributed by atoms with E-state index in [4.69, 9.17) is 18.9 Å². The molecule has 0 rings (SSSR count). The van der Waals surface area contributed by atoms with Gasteiger partial charge in [0, 0.05) is 12.8 Å². The molecule has 0 amide bonds. The van der Waals surface area contributed by atoms with Crippen molar-refractivity contribution in [2.75, 3.05) is 47.5 Å². The van der Waals surface area contributed by atoms with Crippen molar-refractivity contribution in [3.63, 3.8) is 0 Å². The molecule has 0 aromatic heterocycles. The monoisotopic (exact) mass is 734 g/mol. The van der Waals surface area contributed by atoms with E-state index in [-0.39, 0.29) is 38.6 Å². The normalized spacial score (nSPS) is 13.5. The van der Waals surface area contributed by atoms with Crippen molar-refractivity contribution in [1.29, 1.82) is 0 Å². The summed E-state index contributed by atoms with van der Waals surface area (Å²) < 4.78 is 22.4. The number of quaternary nitrogens is 1. The summed E-state index contributed by atoms with van der Waals surface area (Å²) in [5.74, 6) is -2.33. The predicted octanol–water partition coefficient (Wildman–Crippen LogP) is 8.71. The SMILES string of the molecule is CC/C=C\C/C=C\C/C=C\C/C=C\CCCCCCC(=O)OC(COC(=O)CCCCCCCCCCCC)COC(OCC[N+](C)(C)C)C(=O)[O-]. The molecule has 0 aromatic carbocycles. The zero-order valence-corrected chi connectivity index (χ0v) is 33.7. The van der Waals surface area contributed by atoms with Gasteiger partial charge in [-0.1, -0.05) is 133 Å². The van der Waals surface area contributed by atoms with E-state index in [1.54, 1.807) is 0 Å². The Morgan fingerprint density at radius 1 is 0.596 bits per heavy atom. The average molecular weight is 734 g/mol. The summed E-state index contributed by atoms with van der Waals surface area (Å²) in [6, 6.07) is 0. The van der Waals surface area contributed by atoms with Gasteiger partial charge in [-0.2, -0.15) is 0 Å². The number of nitrogens with zero attached hydrogens (tertiary/aromatic N) is 1. The van der Waals surface area contributed by atoms with Crippen LogP contribution in [0, 0.1) is 0 Å². The summed E-state index contributed by atoms with van der Waals surface area (Å²) in [4.78, 5) is 36.8. The molecule has 52 heavy (non-hydrogen) atoms. The Morgan fingerprint density at radius 2 is 1.10 bits per heavy atom. The largest absolute Gasteiger partial charge is 0.545 e. The Kier molecular flexibility index (Phi) is 33.4. The lowest BCUT2D eigenvalue weighted by atomic mass is 10.1. The van der Waals surface area contributed by atoms with Gasteiger partial charge in [-0.05, 0) is 51.4 Å². The zero-order chi connectivity index (χ0) is 38.5. The van der Waals surface area contributed by atoms with E-state index in [1.165, 1.54) is 44.9 Å². The number of aliphatic carboxylic acids is 1. The summed E-state index contributed by atoms with van der Waals surface area (Å²) in [7, 11) is 5.89. The molecule has 0 aromatic rings. The standard InChI is InChI=1S/C43H75NO8/c1-6-8-10-12-14-16-18-19-20-21-22-23-24-26-28-30-32-34-41(46)52-39(38-51-43(42(47)48)49-36-35-44(3,4)5)37-50-40(45)33-31-29-27-25-17-15-13-11-9-7-2/h8,10,14,16,19-20,22-23,39,43H,6-7,9,11-13,15,17-18,21,24-38H2,1-5H3/b10-8-,16-14-,20-19-,23-22-. The second-order valence-electron chi connectivity index (χ2n) is 14.5. The first-order chi connectivity index (χ1) is 25.1. The van der Waals surface area contributed by atoms with Crippen LogP contribution in [-0.2, 0) is 33.3 Å². The van der Waals surface area contributed by atoms with Crippen molar-refractivity contribution >= 4 is 17.9 Å². The number of carboxylic acids is 1. The van der Waals surface area contributed by atoms with Crippen LogP contribution in [-0.4, -0.2) is 82.3 Å². The summed E-state index contributed by atoms with van der Waals surface area (Å²) >= 11 is 0. The highest BCUT2D eigenvalue weighted by Gasteiger charge is 2.21. The molecular weight excluding hydrogens is 658 g/mol. The first kappa shape index (κ1) is 49.2. The van der Waals surface area contributed by atoms with Crippen molar-refractivity contribution in [2.24, 2.45) is 0 Å². The first-order valence-corrected chi connectivity index (χ1v) is 20.3. The minimum atomic E-state index is -1.62. The smallest absolute Gasteiger partial charge is 0.306 e. The average Bonchev–Trinajstić information content (AvgIpc) is 3.09. The number of carboxylic acid groups (broad SMARTS) is 1. The number of allylic oxidation sites excluding steroid dienone is 8. The highest BCUT2D eigenvalue weighted by molar-refractivity contribution is 5.70. The molecule has 0 aliphatic carbocycles. The predicted molar refractivity (Wildman–Crippen MR) is 209 cm³/mol. The molecule has 300 valence electrons. The summed E-state index contributed by atoms with van der Waals surface area (Å²) in [6.07, 6.45) is 35.7. The van der Waals surface area contributed by atoms with Crippen molar-refractivity contribution < 1.29 is 42.9 Å². The fraction of sp³-hybridized carbons (Fsp3) is 0.744. The number of likely N-dealkylation sites (N-methyl/N-ethyl adjacent to an activating group) is 1. The van der Waals surface area contributed by atoms with Gasteiger partial charge in [0.1, 0.15) is 13.2 Å². The van der Waals surface area contributed by atoms with E-state index in [2.05, 4.69) is 62.5 Å². The van der Waals surface area contributed by atoms with E-state index >= 15 is 0 Å². The minimum Gasteiger partial charge on any atom is -0.545 e. The number of rotatable bonds is 36. The molecular formula is C43H75NO8. The Labute approximate surface area is 317 Å². The lowest BCUT2D eigenvalue weighted by molar-refractivity contribution is -0.870. The highest BCUT2D eigenvalue weighted by Crippen LogP contribution is 2.13. The van der Waals surface area contributed by atoms with Gasteiger partial charge in [-0.15, -0.1) is 0 Å². The molecule has 0 aliphatic heterocycles. The molecule has 2 atom stereocenters. The van der Waals surface area contributed by atoms with Crippen LogP contribution in [0.3, 0.4) is 0 Å². The van der Waals surface area contributed by atoms with Gasteiger partial charge in [-0.25, -0.2) is 0 Å². The number of esters is 2. The second-order valence-corrected chi connectivity index (χ2v) is 14.5. The van der Waals surface area contributed by atoms with Gasteiger partial charge >= 0.3 is 11.9 Å². The summed E-state index contributed by atoms with van der Waals surface area (Å²) in [5, 5.41) is 11.6. The van der Waals surface area contributed by atoms with Gasteiger partial charge in [0.05, 0.1) is 40.3 Å². The molecule has 0 heterocycles. The van der Waals surface area contributed by atoms with Crippen molar-refractivity contribution in [3.8, 4) is 0 Å². The Hall–Kier alpha value is -2.75. The molecule has 9 nitrogen and oxygen atoms in total. The van der Waals surface area contributed by atoms with Gasteiger partial charge in [0.15, 0.2) is 12.4 Å². The van der Waals surface area contributed by atoms with Gasteiger partial charge in [0.2, 0.25) is 0 Å². The molecule has 0 spiro atoms.